The molecule has 106 valence electrons. The predicted molar refractivity (Wildman–Crippen MR) is 72.7 cm³/mol. The van der Waals surface area contributed by atoms with Crippen molar-refractivity contribution in [3.8, 4) is 11.4 Å². The highest BCUT2D eigenvalue weighted by atomic mass is 16.5. The molecular formula is C14H18N4O2. The van der Waals surface area contributed by atoms with E-state index in [1.807, 2.05) is 24.3 Å². The Labute approximate surface area is 117 Å². The predicted octanol–water partition coefficient (Wildman–Crippen LogP) is 1.74. The summed E-state index contributed by atoms with van der Waals surface area (Å²) in [5, 5.41) is 21.4. The van der Waals surface area contributed by atoms with Crippen molar-refractivity contribution in [2.24, 2.45) is 0 Å². The van der Waals surface area contributed by atoms with Gasteiger partial charge in [-0.25, -0.2) is 4.68 Å². The van der Waals surface area contributed by atoms with Crippen LogP contribution in [0.2, 0.25) is 0 Å². The van der Waals surface area contributed by atoms with Crippen LogP contribution in [0.15, 0.2) is 30.6 Å². The van der Waals surface area contributed by atoms with Crippen LogP contribution in [0.1, 0.15) is 32.1 Å². The highest BCUT2D eigenvalue weighted by molar-refractivity contribution is 5.36. The number of hydrogen-bond donors (Lipinski definition) is 1. The lowest BCUT2D eigenvalue weighted by molar-refractivity contribution is -0.0339. The molecule has 1 aromatic carbocycles. The van der Waals surface area contributed by atoms with E-state index >= 15 is 0 Å². The number of ether oxygens (including phenoxy) is 1. The molecule has 1 saturated carbocycles. The molecule has 0 radical (unpaired) electrons. The summed E-state index contributed by atoms with van der Waals surface area (Å²) in [6.45, 7) is 0.358. The van der Waals surface area contributed by atoms with E-state index in [9.17, 15) is 5.11 Å². The van der Waals surface area contributed by atoms with E-state index in [0.29, 0.717) is 6.61 Å². The summed E-state index contributed by atoms with van der Waals surface area (Å²) in [7, 11) is 0. The summed E-state index contributed by atoms with van der Waals surface area (Å²) < 4.78 is 7.29. The van der Waals surface area contributed by atoms with Gasteiger partial charge in [-0.2, -0.15) is 0 Å². The summed E-state index contributed by atoms with van der Waals surface area (Å²) in [5.41, 5.74) is 0.214. The van der Waals surface area contributed by atoms with Crippen LogP contribution in [0, 0.1) is 0 Å². The Bertz CT molecular complexity index is 533. The molecule has 1 heterocycles. The van der Waals surface area contributed by atoms with Crippen LogP contribution in [0.3, 0.4) is 0 Å². The molecule has 0 unspecified atom stereocenters. The van der Waals surface area contributed by atoms with Gasteiger partial charge >= 0.3 is 0 Å². The van der Waals surface area contributed by atoms with Crippen molar-refractivity contribution < 1.29 is 9.84 Å². The largest absolute Gasteiger partial charge is 0.491 e. The highest BCUT2D eigenvalue weighted by Gasteiger charge is 2.29. The lowest BCUT2D eigenvalue weighted by Gasteiger charge is -2.31. The van der Waals surface area contributed by atoms with Crippen LogP contribution in [-0.2, 0) is 0 Å². The molecule has 0 amide bonds. The van der Waals surface area contributed by atoms with E-state index < -0.39 is 5.60 Å². The standard InChI is InChI=1S/C14H18N4O2/c19-14(8-2-1-3-9-14)10-20-13-6-4-12(5-7-13)18-11-15-16-17-18/h4-7,11,19H,1-3,8-10H2. The normalized spacial score (nSPS) is 17.9. The molecule has 2 aromatic rings. The first-order valence-electron chi connectivity index (χ1n) is 6.94. The smallest absolute Gasteiger partial charge is 0.143 e. The molecule has 20 heavy (non-hydrogen) atoms. The third-order valence-corrected chi connectivity index (χ3v) is 3.74. The molecule has 0 atom stereocenters. The Hall–Kier alpha value is -1.95. The van der Waals surface area contributed by atoms with Gasteiger partial charge in [0.2, 0.25) is 0 Å². The maximum atomic E-state index is 10.4. The zero-order chi connectivity index (χ0) is 13.8. The Morgan fingerprint density at radius 2 is 1.90 bits per heavy atom. The first kappa shape index (κ1) is 13.1. The Morgan fingerprint density at radius 1 is 1.15 bits per heavy atom. The quantitative estimate of drug-likeness (QED) is 0.919. The molecule has 1 aliphatic rings. The Kier molecular flexibility index (Phi) is 3.64. The van der Waals surface area contributed by atoms with Crippen LogP contribution >= 0.6 is 0 Å². The maximum Gasteiger partial charge on any atom is 0.143 e. The number of aliphatic hydroxyl groups is 1. The third-order valence-electron chi connectivity index (χ3n) is 3.74. The molecule has 1 fully saturated rings. The number of aromatic nitrogens is 4. The number of rotatable bonds is 4. The lowest BCUT2D eigenvalue weighted by Crippen LogP contribution is -2.37. The summed E-state index contributed by atoms with van der Waals surface area (Å²) in [4.78, 5) is 0. The first-order chi connectivity index (χ1) is 9.75. The third kappa shape index (κ3) is 2.96. The van der Waals surface area contributed by atoms with E-state index in [-0.39, 0.29) is 0 Å². The zero-order valence-electron chi connectivity index (χ0n) is 11.3. The lowest BCUT2D eigenvalue weighted by atomic mass is 9.85. The van der Waals surface area contributed by atoms with Crippen molar-refractivity contribution in [2.75, 3.05) is 6.61 Å². The average Bonchev–Trinajstić information content (AvgIpc) is 3.01. The molecule has 1 N–H and O–H groups in total. The minimum absolute atomic E-state index is 0.358. The second kappa shape index (κ2) is 5.58. The van der Waals surface area contributed by atoms with E-state index in [1.54, 1.807) is 11.0 Å². The van der Waals surface area contributed by atoms with Crippen LogP contribution in [-0.4, -0.2) is 37.5 Å². The van der Waals surface area contributed by atoms with Crippen molar-refractivity contribution in [2.45, 2.75) is 37.7 Å². The first-order valence-corrected chi connectivity index (χ1v) is 6.94. The van der Waals surface area contributed by atoms with Gasteiger partial charge in [0, 0.05) is 0 Å². The summed E-state index contributed by atoms with van der Waals surface area (Å²) >= 11 is 0. The van der Waals surface area contributed by atoms with Gasteiger partial charge in [-0.3, -0.25) is 0 Å². The number of benzene rings is 1. The van der Waals surface area contributed by atoms with Gasteiger partial charge in [-0.1, -0.05) is 19.3 Å². The van der Waals surface area contributed by atoms with E-state index in [2.05, 4.69) is 15.5 Å². The van der Waals surface area contributed by atoms with Crippen molar-refractivity contribution in [3.05, 3.63) is 30.6 Å². The molecule has 3 rings (SSSR count). The molecule has 0 aliphatic heterocycles. The maximum absolute atomic E-state index is 10.4. The number of nitrogens with zero attached hydrogens (tertiary/aromatic N) is 4. The minimum Gasteiger partial charge on any atom is -0.491 e. The molecule has 0 saturated heterocycles. The molecule has 6 nitrogen and oxygen atoms in total. The van der Waals surface area contributed by atoms with E-state index in [4.69, 9.17) is 4.74 Å². The van der Waals surface area contributed by atoms with Gasteiger partial charge < -0.3 is 9.84 Å². The van der Waals surface area contributed by atoms with Gasteiger partial charge in [0.05, 0.1) is 11.3 Å². The van der Waals surface area contributed by atoms with Crippen LogP contribution in [0.4, 0.5) is 0 Å². The number of hydrogen-bond acceptors (Lipinski definition) is 5. The molecule has 0 bridgehead atoms. The van der Waals surface area contributed by atoms with Gasteiger partial charge in [-0.05, 0) is 47.5 Å². The van der Waals surface area contributed by atoms with Crippen molar-refractivity contribution in [1.82, 2.24) is 20.2 Å². The molecule has 1 aromatic heterocycles. The Balaban J connectivity index is 1.61. The van der Waals surface area contributed by atoms with Gasteiger partial charge in [0.1, 0.15) is 18.7 Å². The topological polar surface area (TPSA) is 73.1 Å². The van der Waals surface area contributed by atoms with Gasteiger partial charge in [0.25, 0.3) is 0 Å². The van der Waals surface area contributed by atoms with Gasteiger partial charge in [0.15, 0.2) is 0 Å². The fraction of sp³-hybridized carbons (Fsp3) is 0.500. The monoisotopic (exact) mass is 274 g/mol. The fourth-order valence-corrected chi connectivity index (χ4v) is 2.55. The molecular weight excluding hydrogens is 256 g/mol. The zero-order valence-corrected chi connectivity index (χ0v) is 11.3. The average molecular weight is 274 g/mol. The van der Waals surface area contributed by atoms with Gasteiger partial charge in [-0.15, -0.1) is 5.10 Å². The minimum atomic E-state index is -0.660. The summed E-state index contributed by atoms with van der Waals surface area (Å²) in [6, 6.07) is 7.50. The van der Waals surface area contributed by atoms with Crippen molar-refractivity contribution in [3.63, 3.8) is 0 Å². The molecule has 1 aliphatic carbocycles. The fourth-order valence-electron chi connectivity index (χ4n) is 2.55. The molecule has 6 heteroatoms. The van der Waals surface area contributed by atoms with Crippen LogP contribution in [0.5, 0.6) is 5.75 Å². The summed E-state index contributed by atoms with van der Waals surface area (Å²) in [6.07, 6.45) is 6.57. The highest BCUT2D eigenvalue weighted by Crippen LogP contribution is 2.28. The van der Waals surface area contributed by atoms with Crippen molar-refractivity contribution in [1.29, 1.82) is 0 Å². The molecule has 0 spiro atoms. The van der Waals surface area contributed by atoms with Crippen molar-refractivity contribution >= 4 is 0 Å². The Morgan fingerprint density at radius 3 is 2.55 bits per heavy atom. The SMILES string of the molecule is OC1(COc2ccc(-n3cnnn3)cc2)CCCCC1. The van der Waals surface area contributed by atoms with E-state index in [0.717, 1.165) is 37.1 Å². The second-order valence-corrected chi connectivity index (χ2v) is 5.32. The van der Waals surface area contributed by atoms with Crippen LogP contribution < -0.4 is 4.74 Å². The summed E-state index contributed by atoms with van der Waals surface area (Å²) in [5.74, 6) is 0.751. The second-order valence-electron chi connectivity index (χ2n) is 5.32. The van der Waals surface area contributed by atoms with Crippen LogP contribution in [0.25, 0.3) is 5.69 Å². The number of tetrazole rings is 1. The van der Waals surface area contributed by atoms with E-state index in [1.165, 1.54) is 6.42 Å².